The van der Waals surface area contributed by atoms with Crippen LogP contribution in [0.2, 0.25) is 0 Å². The molecule has 0 aliphatic heterocycles. The highest BCUT2D eigenvalue weighted by Gasteiger charge is 2.35. The first-order chi connectivity index (χ1) is 10.1. The van der Waals surface area contributed by atoms with Crippen molar-refractivity contribution in [2.24, 2.45) is 0 Å². The fraction of sp³-hybridized carbons (Fsp3) is 0.111. The third kappa shape index (κ3) is 2.36. The molecular formula is C18H19N2P. The molecule has 4 N–H and O–H groups in total. The van der Waals surface area contributed by atoms with E-state index in [1.807, 2.05) is 36.4 Å². The van der Waals surface area contributed by atoms with E-state index in [2.05, 4.69) is 39.6 Å². The normalized spacial score (nSPS) is 16.5. The van der Waals surface area contributed by atoms with Gasteiger partial charge in [0.2, 0.25) is 0 Å². The Morgan fingerprint density at radius 1 is 0.857 bits per heavy atom. The summed E-state index contributed by atoms with van der Waals surface area (Å²) < 4.78 is 0. The summed E-state index contributed by atoms with van der Waals surface area (Å²) >= 11 is 0. The fourth-order valence-electron chi connectivity index (χ4n) is 3.00. The molecule has 3 rings (SSSR count). The van der Waals surface area contributed by atoms with E-state index in [-0.39, 0.29) is 5.41 Å². The molecule has 21 heavy (non-hydrogen) atoms. The number of anilines is 2. The van der Waals surface area contributed by atoms with Gasteiger partial charge < -0.3 is 11.5 Å². The van der Waals surface area contributed by atoms with Gasteiger partial charge >= 0.3 is 0 Å². The molecule has 0 heterocycles. The van der Waals surface area contributed by atoms with Gasteiger partial charge in [0.15, 0.2) is 0 Å². The molecule has 1 aliphatic carbocycles. The zero-order valence-electron chi connectivity index (χ0n) is 11.8. The quantitative estimate of drug-likeness (QED) is 0.653. The fourth-order valence-corrected chi connectivity index (χ4v) is 3.22. The topological polar surface area (TPSA) is 52.0 Å². The van der Waals surface area contributed by atoms with Crippen LogP contribution in [-0.2, 0) is 5.41 Å². The molecule has 0 saturated heterocycles. The molecular weight excluding hydrogens is 275 g/mol. The van der Waals surface area contributed by atoms with Gasteiger partial charge in [0, 0.05) is 16.8 Å². The number of nitrogen functional groups attached to an aromatic ring is 2. The molecule has 1 aliphatic rings. The number of rotatable bonds is 2. The number of allylic oxidation sites excluding steroid dienone is 4. The van der Waals surface area contributed by atoms with Crippen molar-refractivity contribution in [2.45, 2.75) is 11.8 Å². The van der Waals surface area contributed by atoms with Gasteiger partial charge in [0.1, 0.15) is 0 Å². The number of nitrogens with two attached hydrogens (primary N) is 2. The second-order valence-corrected chi connectivity index (χ2v) is 6.05. The molecule has 106 valence electrons. The number of hydrogen-bond donors (Lipinski definition) is 2. The minimum atomic E-state index is -0.295. The first kappa shape index (κ1) is 13.9. The third-order valence-corrected chi connectivity index (χ3v) is 4.53. The maximum absolute atomic E-state index is 6.26. The highest BCUT2D eigenvalue weighted by molar-refractivity contribution is 7.22. The van der Waals surface area contributed by atoms with Gasteiger partial charge in [0.05, 0.1) is 0 Å². The Labute approximate surface area is 127 Å². The Bertz CT molecular complexity index is 686. The predicted molar refractivity (Wildman–Crippen MR) is 94.0 cm³/mol. The van der Waals surface area contributed by atoms with Crippen LogP contribution >= 0.6 is 9.24 Å². The summed E-state index contributed by atoms with van der Waals surface area (Å²) in [5, 5.41) is 1.19. The maximum atomic E-state index is 6.26. The van der Waals surface area contributed by atoms with E-state index in [1.54, 1.807) is 0 Å². The molecule has 0 radical (unpaired) electrons. The first-order valence-corrected chi connectivity index (χ1v) is 7.56. The Morgan fingerprint density at radius 3 is 1.81 bits per heavy atom. The van der Waals surface area contributed by atoms with Crippen LogP contribution in [0.15, 0.2) is 72.1 Å². The van der Waals surface area contributed by atoms with E-state index < -0.39 is 0 Å². The van der Waals surface area contributed by atoms with Crippen LogP contribution < -0.4 is 11.5 Å². The predicted octanol–water partition coefficient (Wildman–Crippen LogP) is 3.86. The average molecular weight is 294 g/mol. The van der Waals surface area contributed by atoms with E-state index in [4.69, 9.17) is 11.5 Å². The van der Waals surface area contributed by atoms with Gasteiger partial charge in [-0.3, -0.25) is 0 Å². The molecule has 2 aromatic rings. The molecule has 0 bridgehead atoms. The standard InChI is InChI=1S/C18H19N2P/c19-16-7-3-1-5-14(16)18(11-9-13(21)10-12-18)15-6-2-4-8-17(15)20/h1-11H,12,19-21H2. The van der Waals surface area contributed by atoms with Crippen molar-refractivity contribution in [1.82, 2.24) is 0 Å². The van der Waals surface area contributed by atoms with Gasteiger partial charge in [-0.15, -0.1) is 9.24 Å². The van der Waals surface area contributed by atoms with Crippen molar-refractivity contribution in [1.29, 1.82) is 0 Å². The first-order valence-electron chi connectivity index (χ1n) is 6.98. The number of hydrogen-bond acceptors (Lipinski definition) is 2. The van der Waals surface area contributed by atoms with Crippen LogP contribution in [0, 0.1) is 0 Å². The van der Waals surface area contributed by atoms with Gasteiger partial charge in [-0.2, -0.15) is 0 Å². The maximum Gasteiger partial charge on any atom is 0.0460 e. The van der Waals surface area contributed by atoms with Crippen LogP contribution in [0.4, 0.5) is 11.4 Å². The number of benzene rings is 2. The second-order valence-electron chi connectivity index (χ2n) is 5.39. The van der Waals surface area contributed by atoms with Gasteiger partial charge in [-0.1, -0.05) is 54.6 Å². The summed E-state index contributed by atoms with van der Waals surface area (Å²) in [6, 6.07) is 16.1. The minimum absolute atomic E-state index is 0.295. The molecule has 3 heteroatoms. The van der Waals surface area contributed by atoms with Crippen molar-refractivity contribution < 1.29 is 0 Å². The minimum Gasteiger partial charge on any atom is -0.398 e. The Kier molecular flexibility index (Phi) is 3.57. The van der Waals surface area contributed by atoms with E-state index in [0.717, 1.165) is 28.9 Å². The van der Waals surface area contributed by atoms with Crippen molar-refractivity contribution in [3.05, 3.63) is 83.2 Å². The summed E-state index contributed by atoms with van der Waals surface area (Å²) in [6.07, 6.45) is 7.40. The van der Waals surface area contributed by atoms with Gasteiger partial charge in [-0.25, -0.2) is 0 Å². The van der Waals surface area contributed by atoms with E-state index in [9.17, 15) is 0 Å². The highest BCUT2D eigenvalue weighted by atomic mass is 31.0. The van der Waals surface area contributed by atoms with Gasteiger partial charge in [0.25, 0.3) is 0 Å². The van der Waals surface area contributed by atoms with E-state index >= 15 is 0 Å². The molecule has 0 spiro atoms. The summed E-state index contributed by atoms with van der Waals surface area (Å²) in [5.74, 6) is 0. The lowest BCUT2D eigenvalue weighted by molar-refractivity contribution is 0.651. The SMILES string of the molecule is Nc1ccccc1C1(c2ccccc2N)C=CC(P)=CC1. The molecule has 2 nitrogen and oxygen atoms in total. The molecule has 0 fully saturated rings. The summed E-state index contributed by atoms with van der Waals surface area (Å²) in [5.41, 5.74) is 16.0. The average Bonchev–Trinajstić information content (AvgIpc) is 2.50. The smallest absolute Gasteiger partial charge is 0.0460 e. The monoisotopic (exact) mass is 294 g/mol. The lowest BCUT2D eigenvalue weighted by Crippen LogP contribution is -2.28. The van der Waals surface area contributed by atoms with E-state index in [0.29, 0.717) is 0 Å². The number of para-hydroxylation sites is 2. The van der Waals surface area contributed by atoms with E-state index in [1.165, 1.54) is 5.31 Å². The molecule has 0 saturated carbocycles. The Hall–Kier alpha value is -2.05. The zero-order valence-corrected chi connectivity index (χ0v) is 12.9. The summed E-state index contributed by atoms with van der Waals surface area (Å²) in [6.45, 7) is 0. The van der Waals surface area contributed by atoms with Crippen LogP contribution in [0.3, 0.4) is 0 Å². The summed E-state index contributed by atoms with van der Waals surface area (Å²) in [4.78, 5) is 0. The molecule has 1 unspecified atom stereocenters. The third-order valence-electron chi connectivity index (χ3n) is 4.10. The molecule has 1 atom stereocenters. The second kappa shape index (κ2) is 5.38. The van der Waals surface area contributed by atoms with Crippen molar-refractivity contribution >= 4 is 20.6 Å². The summed E-state index contributed by atoms with van der Waals surface area (Å²) in [7, 11) is 2.75. The molecule has 0 aromatic heterocycles. The lowest BCUT2D eigenvalue weighted by Gasteiger charge is -2.35. The van der Waals surface area contributed by atoms with Crippen LogP contribution in [0.25, 0.3) is 0 Å². The van der Waals surface area contributed by atoms with Crippen LogP contribution in [0.5, 0.6) is 0 Å². The zero-order chi connectivity index (χ0) is 14.9. The lowest BCUT2D eigenvalue weighted by atomic mass is 9.69. The molecule has 2 aromatic carbocycles. The Balaban J connectivity index is 2.26. The van der Waals surface area contributed by atoms with Crippen molar-refractivity contribution in [3.63, 3.8) is 0 Å². The van der Waals surface area contributed by atoms with Gasteiger partial charge in [-0.05, 0) is 35.0 Å². The van der Waals surface area contributed by atoms with Crippen LogP contribution in [0.1, 0.15) is 17.5 Å². The van der Waals surface area contributed by atoms with Crippen molar-refractivity contribution in [3.8, 4) is 0 Å². The highest BCUT2D eigenvalue weighted by Crippen LogP contribution is 2.45. The van der Waals surface area contributed by atoms with Crippen LogP contribution in [-0.4, -0.2) is 0 Å². The largest absolute Gasteiger partial charge is 0.398 e. The molecule has 0 amide bonds. The van der Waals surface area contributed by atoms with Crippen molar-refractivity contribution in [2.75, 3.05) is 11.5 Å². The Morgan fingerprint density at radius 2 is 1.38 bits per heavy atom.